The van der Waals surface area contributed by atoms with Crippen LogP contribution in [0.2, 0.25) is 0 Å². The summed E-state index contributed by atoms with van der Waals surface area (Å²) in [6.07, 6.45) is 23.1. The zero-order valence-electron chi connectivity index (χ0n) is 39.2. The lowest BCUT2D eigenvalue weighted by atomic mass is 10.0. The maximum absolute atomic E-state index is 7.00. The van der Waals surface area contributed by atoms with E-state index in [-0.39, 0.29) is 0 Å². The number of hydrogen-bond acceptors (Lipinski definition) is 7. The van der Waals surface area contributed by atoms with Crippen LogP contribution >= 0.6 is 0 Å². The average molecular weight is 867 g/mol. The van der Waals surface area contributed by atoms with Crippen LogP contribution in [-0.2, 0) is 0 Å². The molecule has 0 unspecified atom stereocenters. The van der Waals surface area contributed by atoms with Crippen LogP contribution in [-0.4, -0.2) is 124 Å². The summed E-state index contributed by atoms with van der Waals surface area (Å²) in [6, 6.07) is 34.5. The Morgan fingerprint density at radius 1 is 0.453 bits per heavy atom. The lowest BCUT2D eigenvalue weighted by Gasteiger charge is -2.26. The van der Waals surface area contributed by atoms with Crippen LogP contribution in [0.5, 0.6) is 11.5 Å². The minimum atomic E-state index is 0.792. The molecule has 4 aromatic rings. The predicted octanol–water partition coefficient (Wildman–Crippen LogP) is 11.2. The normalized spacial score (nSPS) is 17.6. The maximum atomic E-state index is 7.00. The summed E-state index contributed by atoms with van der Waals surface area (Å²) < 4.78 is 11.9. The van der Waals surface area contributed by atoms with Crippen LogP contribution in [0.1, 0.15) is 101 Å². The standard InChI is InChI=1S/C28H38N2O.C28H36N2O.CH4O/c2*1-3-18-29(19-4-1)22-7-9-25-10-12-26(13-11-25)27-14-16-28(17-15-27)31-24-8-23-30-20-5-2-6-21-30;1-2/h7,9-17H,1-6,8,18-24H2;10-17H,1-6,8,18-24H2;2H,1H3/b9-7-;;. The van der Waals surface area contributed by atoms with Gasteiger partial charge in [0.1, 0.15) is 11.5 Å². The summed E-state index contributed by atoms with van der Waals surface area (Å²) in [6.45, 7) is 15.8. The highest BCUT2D eigenvalue weighted by Crippen LogP contribution is 2.25. The smallest absolute Gasteiger partial charge is 0.119 e. The Morgan fingerprint density at radius 2 is 0.828 bits per heavy atom. The van der Waals surface area contributed by atoms with Gasteiger partial charge in [-0.1, -0.05) is 110 Å². The fourth-order valence-electron chi connectivity index (χ4n) is 9.19. The number of hydrogen-bond donors (Lipinski definition) is 1. The van der Waals surface area contributed by atoms with Gasteiger partial charge in [0.15, 0.2) is 0 Å². The molecule has 0 aliphatic carbocycles. The van der Waals surface area contributed by atoms with Crippen LogP contribution < -0.4 is 9.47 Å². The zero-order chi connectivity index (χ0) is 44.3. The largest absolute Gasteiger partial charge is 0.494 e. The van der Waals surface area contributed by atoms with E-state index in [4.69, 9.17) is 14.6 Å². The second kappa shape index (κ2) is 29.2. The van der Waals surface area contributed by atoms with Crippen LogP contribution in [0.25, 0.3) is 28.3 Å². The molecule has 4 aromatic carbocycles. The van der Waals surface area contributed by atoms with Gasteiger partial charge >= 0.3 is 0 Å². The number of aliphatic hydroxyl groups is 1. The van der Waals surface area contributed by atoms with Crippen molar-refractivity contribution in [3.8, 4) is 45.6 Å². The van der Waals surface area contributed by atoms with Gasteiger partial charge in [-0.25, -0.2) is 0 Å². The lowest BCUT2D eigenvalue weighted by molar-refractivity contribution is 0.205. The molecule has 0 saturated carbocycles. The fourth-order valence-corrected chi connectivity index (χ4v) is 9.19. The summed E-state index contributed by atoms with van der Waals surface area (Å²) >= 11 is 0. The van der Waals surface area contributed by atoms with Gasteiger partial charge in [0.05, 0.1) is 19.8 Å². The van der Waals surface area contributed by atoms with E-state index < -0.39 is 0 Å². The van der Waals surface area contributed by atoms with Gasteiger partial charge in [-0.2, -0.15) is 0 Å². The maximum Gasteiger partial charge on any atom is 0.119 e. The number of rotatable bonds is 16. The van der Waals surface area contributed by atoms with Crippen molar-refractivity contribution in [2.24, 2.45) is 0 Å². The van der Waals surface area contributed by atoms with Crippen LogP contribution in [0, 0.1) is 11.8 Å². The number of nitrogens with zero attached hydrogens (tertiary/aromatic N) is 4. The molecule has 7 nitrogen and oxygen atoms in total. The minimum absolute atomic E-state index is 0.792. The van der Waals surface area contributed by atoms with Gasteiger partial charge in [-0.15, -0.1) is 0 Å². The first-order valence-corrected chi connectivity index (χ1v) is 24.9. The number of likely N-dealkylation sites (tertiary alicyclic amines) is 4. The summed E-state index contributed by atoms with van der Waals surface area (Å²) in [4.78, 5) is 10.1. The van der Waals surface area contributed by atoms with Gasteiger partial charge in [-0.3, -0.25) is 9.80 Å². The molecule has 0 atom stereocenters. The highest BCUT2D eigenvalue weighted by atomic mass is 16.5. The van der Waals surface area contributed by atoms with Crippen LogP contribution in [0.15, 0.2) is 103 Å². The molecular weight excluding hydrogens is 789 g/mol. The van der Waals surface area contributed by atoms with Gasteiger partial charge in [0, 0.05) is 32.3 Å². The Labute approximate surface area is 387 Å². The quantitative estimate of drug-likeness (QED) is 0.0889. The van der Waals surface area contributed by atoms with Crippen molar-refractivity contribution in [2.75, 3.05) is 98.9 Å². The molecule has 344 valence electrons. The molecule has 64 heavy (non-hydrogen) atoms. The van der Waals surface area contributed by atoms with Crippen molar-refractivity contribution in [3.63, 3.8) is 0 Å². The van der Waals surface area contributed by atoms with E-state index >= 15 is 0 Å². The van der Waals surface area contributed by atoms with E-state index in [1.54, 1.807) is 0 Å². The van der Waals surface area contributed by atoms with Crippen molar-refractivity contribution >= 4 is 6.08 Å². The van der Waals surface area contributed by atoms with Crippen LogP contribution in [0.3, 0.4) is 0 Å². The van der Waals surface area contributed by atoms with Crippen molar-refractivity contribution in [1.82, 2.24) is 19.6 Å². The Bertz CT molecular complexity index is 1910. The van der Waals surface area contributed by atoms with E-state index in [0.29, 0.717) is 0 Å². The highest BCUT2D eigenvalue weighted by Gasteiger charge is 2.12. The third-order valence-electron chi connectivity index (χ3n) is 12.9. The Balaban J connectivity index is 0.000000205. The molecule has 4 aliphatic heterocycles. The SMILES string of the molecule is C(#Cc1ccc(-c2ccc(OCCCN3CCCCC3)cc2)cc1)CN1CCCCC1.C(=C/c1ccc(-c2ccc(OCCCN3CCCCC3)cc2)cc1)/CN1CCCCC1.CO. The molecule has 8 rings (SSSR count). The topological polar surface area (TPSA) is 51.7 Å². The Morgan fingerprint density at radius 3 is 1.27 bits per heavy atom. The first kappa shape index (κ1) is 49.0. The molecule has 0 aromatic heterocycles. The molecule has 0 spiro atoms. The van der Waals surface area contributed by atoms with Crippen molar-refractivity contribution in [2.45, 2.75) is 89.9 Å². The molecule has 0 bridgehead atoms. The molecule has 7 heteroatoms. The molecule has 0 amide bonds. The van der Waals surface area contributed by atoms with Gasteiger partial charge in [0.2, 0.25) is 0 Å². The molecule has 0 radical (unpaired) electrons. The van der Waals surface area contributed by atoms with Gasteiger partial charge < -0.3 is 24.4 Å². The van der Waals surface area contributed by atoms with E-state index in [2.05, 4.69) is 141 Å². The summed E-state index contributed by atoms with van der Waals surface area (Å²) in [5.41, 5.74) is 7.30. The minimum Gasteiger partial charge on any atom is -0.494 e. The molecule has 4 saturated heterocycles. The predicted molar refractivity (Wildman–Crippen MR) is 269 cm³/mol. The molecule has 4 aliphatic rings. The van der Waals surface area contributed by atoms with Gasteiger partial charge in [0.25, 0.3) is 0 Å². The highest BCUT2D eigenvalue weighted by molar-refractivity contribution is 5.67. The van der Waals surface area contributed by atoms with E-state index in [1.165, 1.54) is 157 Å². The molecule has 4 fully saturated rings. The van der Waals surface area contributed by atoms with E-state index in [9.17, 15) is 0 Å². The third kappa shape index (κ3) is 17.9. The van der Waals surface area contributed by atoms with Crippen molar-refractivity contribution in [3.05, 3.63) is 114 Å². The molecule has 4 heterocycles. The third-order valence-corrected chi connectivity index (χ3v) is 12.9. The second-order valence-corrected chi connectivity index (χ2v) is 17.9. The Kier molecular flexibility index (Phi) is 22.4. The number of aliphatic hydroxyl groups excluding tert-OH is 1. The van der Waals surface area contributed by atoms with Gasteiger partial charge in [-0.05, 0) is 181 Å². The van der Waals surface area contributed by atoms with Crippen LogP contribution in [0.4, 0.5) is 0 Å². The zero-order valence-corrected chi connectivity index (χ0v) is 39.2. The van der Waals surface area contributed by atoms with Crippen molar-refractivity contribution < 1.29 is 14.6 Å². The molecule has 1 N–H and O–H groups in total. The second-order valence-electron chi connectivity index (χ2n) is 17.9. The number of benzene rings is 4. The summed E-state index contributed by atoms with van der Waals surface area (Å²) in [5.74, 6) is 8.59. The first-order valence-electron chi connectivity index (χ1n) is 24.9. The monoisotopic (exact) mass is 867 g/mol. The summed E-state index contributed by atoms with van der Waals surface area (Å²) in [7, 11) is 1.00. The average Bonchev–Trinajstić information content (AvgIpc) is 3.37. The summed E-state index contributed by atoms with van der Waals surface area (Å²) in [5, 5.41) is 7.00. The number of piperidine rings is 4. The number of ether oxygens (including phenoxy) is 2. The first-order chi connectivity index (χ1) is 31.7. The van der Waals surface area contributed by atoms with E-state index in [1.807, 2.05) is 0 Å². The Hall–Kier alpha value is -4.42. The fraction of sp³-hybridized carbons (Fsp3) is 0.509. The molecular formula is C57H78N4O3. The van der Waals surface area contributed by atoms with E-state index in [0.717, 1.165) is 76.4 Å². The lowest BCUT2D eigenvalue weighted by Crippen LogP contribution is -2.31. The van der Waals surface area contributed by atoms with Crippen molar-refractivity contribution in [1.29, 1.82) is 0 Å².